The van der Waals surface area contributed by atoms with Crippen molar-refractivity contribution in [2.45, 2.75) is 32.6 Å². The van der Waals surface area contributed by atoms with Gasteiger partial charge in [-0.25, -0.2) is 4.98 Å². The lowest BCUT2D eigenvalue weighted by atomic mass is 9.73. The van der Waals surface area contributed by atoms with Gasteiger partial charge in [-0.2, -0.15) is 0 Å². The Balaban J connectivity index is 1.74. The molecule has 0 aliphatic carbocycles. The molecule has 2 fully saturated rings. The van der Waals surface area contributed by atoms with E-state index >= 15 is 0 Å². The summed E-state index contributed by atoms with van der Waals surface area (Å²) in [7, 11) is 1.65. The Kier molecular flexibility index (Phi) is 6.31. The fourth-order valence-corrected chi connectivity index (χ4v) is 4.20. The number of piperidine rings is 2. The van der Waals surface area contributed by atoms with E-state index in [9.17, 15) is 9.59 Å². The van der Waals surface area contributed by atoms with Crippen LogP contribution in [0.1, 0.15) is 43.0 Å². The van der Waals surface area contributed by atoms with Crippen molar-refractivity contribution in [2.75, 3.05) is 46.5 Å². The molecule has 1 aromatic heterocycles. The lowest BCUT2D eigenvalue weighted by Crippen LogP contribution is -2.55. The molecule has 1 spiro atoms. The van der Waals surface area contributed by atoms with E-state index in [1.807, 2.05) is 16.7 Å². The molecule has 7 heteroatoms. The first-order chi connectivity index (χ1) is 13.1. The molecule has 0 saturated carbocycles. The van der Waals surface area contributed by atoms with Crippen molar-refractivity contribution in [3.05, 3.63) is 23.9 Å². The van der Waals surface area contributed by atoms with E-state index in [0.717, 1.165) is 25.8 Å². The van der Waals surface area contributed by atoms with Crippen molar-refractivity contribution < 1.29 is 19.1 Å². The molecular formula is C20H29N3O4. The largest absolute Gasteiger partial charge is 0.477 e. The van der Waals surface area contributed by atoms with Gasteiger partial charge in [-0.15, -0.1) is 0 Å². The third-order valence-corrected chi connectivity index (χ3v) is 5.54. The van der Waals surface area contributed by atoms with Gasteiger partial charge < -0.3 is 19.3 Å². The zero-order valence-electron chi connectivity index (χ0n) is 16.3. The van der Waals surface area contributed by atoms with Crippen LogP contribution in [0, 0.1) is 5.41 Å². The van der Waals surface area contributed by atoms with Crippen LogP contribution in [0.3, 0.4) is 0 Å². The number of carbonyl (C=O) groups is 2. The SMILES string of the molecule is CCOc1ncccc1C(=O)N1CCC[C@@]2(CCC(=O)N(CCOC)C2)C1. The van der Waals surface area contributed by atoms with Crippen LogP contribution in [0.5, 0.6) is 5.88 Å². The lowest BCUT2D eigenvalue weighted by molar-refractivity contribution is -0.139. The highest BCUT2D eigenvalue weighted by atomic mass is 16.5. The smallest absolute Gasteiger partial charge is 0.259 e. The van der Waals surface area contributed by atoms with Crippen LogP contribution in [0.4, 0.5) is 0 Å². The average Bonchev–Trinajstić information content (AvgIpc) is 2.69. The quantitative estimate of drug-likeness (QED) is 0.760. The summed E-state index contributed by atoms with van der Waals surface area (Å²) in [5.74, 6) is 0.545. The molecule has 0 aromatic carbocycles. The molecule has 2 amide bonds. The van der Waals surface area contributed by atoms with Crippen molar-refractivity contribution in [3.63, 3.8) is 0 Å². The Bertz CT molecular complexity index is 681. The minimum Gasteiger partial charge on any atom is -0.477 e. The van der Waals surface area contributed by atoms with E-state index in [-0.39, 0.29) is 17.2 Å². The van der Waals surface area contributed by atoms with Gasteiger partial charge in [0.05, 0.1) is 13.2 Å². The number of pyridine rings is 1. The molecule has 0 radical (unpaired) electrons. The number of rotatable bonds is 6. The maximum atomic E-state index is 13.1. The maximum absolute atomic E-state index is 13.1. The van der Waals surface area contributed by atoms with Gasteiger partial charge in [-0.1, -0.05) is 0 Å². The fraction of sp³-hybridized carbons (Fsp3) is 0.650. The second-order valence-corrected chi connectivity index (χ2v) is 7.43. The Labute approximate surface area is 160 Å². The monoisotopic (exact) mass is 375 g/mol. The zero-order chi connectivity index (χ0) is 19.3. The first kappa shape index (κ1) is 19.6. The van der Waals surface area contributed by atoms with E-state index in [0.29, 0.717) is 50.7 Å². The third-order valence-electron chi connectivity index (χ3n) is 5.54. The summed E-state index contributed by atoms with van der Waals surface area (Å²) in [6.07, 6.45) is 5.01. The summed E-state index contributed by atoms with van der Waals surface area (Å²) in [5, 5.41) is 0. The summed E-state index contributed by atoms with van der Waals surface area (Å²) in [6, 6.07) is 3.54. The number of nitrogens with zero attached hydrogens (tertiary/aromatic N) is 3. The molecule has 1 aromatic rings. The highest BCUT2D eigenvalue weighted by Gasteiger charge is 2.43. The summed E-state index contributed by atoms with van der Waals surface area (Å²) in [5.41, 5.74) is 0.489. The molecule has 0 unspecified atom stereocenters. The van der Waals surface area contributed by atoms with E-state index in [4.69, 9.17) is 9.47 Å². The highest BCUT2D eigenvalue weighted by molar-refractivity contribution is 5.96. The van der Waals surface area contributed by atoms with Gasteiger partial charge >= 0.3 is 0 Å². The lowest BCUT2D eigenvalue weighted by Gasteiger charge is -2.48. The number of hydrogen-bond acceptors (Lipinski definition) is 5. The molecule has 0 bridgehead atoms. The highest BCUT2D eigenvalue weighted by Crippen LogP contribution is 2.39. The molecule has 1 atom stereocenters. The van der Waals surface area contributed by atoms with Gasteiger partial charge in [-0.05, 0) is 38.3 Å². The first-order valence-electron chi connectivity index (χ1n) is 9.72. The van der Waals surface area contributed by atoms with E-state index in [1.165, 1.54) is 0 Å². The van der Waals surface area contributed by atoms with E-state index in [2.05, 4.69) is 4.98 Å². The Morgan fingerprint density at radius 2 is 2.19 bits per heavy atom. The average molecular weight is 375 g/mol. The third kappa shape index (κ3) is 4.40. The van der Waals surface area contributed by atoms with Crippen LogP contribution in [0.25, 0.3) is 0 Å². The standard InChI is InChI=1S/C20H29N3O4/c1-3-27-18-16(6-4-10-21-18)19(25)23-11-5-8-20(15-23)9-7-17(24)22(14-20)12-13-26-2/h4,6,10H,3,5,7-9,11-15H2,1-2H3/t20-/m0/s1. The normalized spacial score (nSPS) is 23.0. The van der Waals surface area contributed by atoms with Crippen molar-refractivity contribution in [3.8, 4) is 5.88 Å². The molecule has 2 aliphatic rings. The number of aromatic nitrogens is 1. The Hall–Kier alpha value is -2.15. The van der Waals surface area contributed by atoms with Gasteiger partial charge in [0.15, 0.2) is 0 Å². The summed E-state index contributed by atoms with van der Waals surface area (Å²) in [4.78, 5) is 33.4. The summed E-state index contributed by atoms with van der Waals surface area (Å²) >= 11 is 0. The number of carbonyl (C=O) groups excluding carboxylic acids is 2. The topological polar surface area (TPSA) is 72.0 Å². The predicted molar refractivity (Wildman–Crippen MR) is 101 cm³/mol. The number of amides is 2. The summed E-state index contributed by atoms with van der Waals surface area (Å²) in [6.45, 7) is 5.60. The van der Waals surface area contributed by atoms with Crippen molar-refractivity contribution in [2.24, 2.45) is 5.41 Å². The van der Waals surface area contributed by atoms with Gasteiger partial charge in [-0.3, -0.25) is 9.59 Å². The number of methoxy groups -OCH3 is 1. The molecule has 3 rings (SSSR count). The van der Waals surface area contributed by atoms with Crippen LogP contribution in [-0.4, -0.2) is 73.1 Å². The van der Waals surface area contributed by atoms with Crippen LogP contribution in [0.15, 0.2) is 18.3 Å². The fourth-order valence-electron chi connectivity index (χ4n) is 4.20. The molecule has 2 aliphatic heterocycles. The van der Waals surface area contributed by atoms with E-state index in [1.54, 1.807) is 25.4 Å². The van der Waals surface area contributed by atoms with Crippen molar-refractivity contribution in [1.82, 2.24) is 14.8 Å². The van der Waals surface area contributed by atoms with Crippen LogP contribution in [0.2, 0.25) is 0 Å². The predicted octanol–water partition coefficient (Wildman–Crippen LogP) is 1.97. The maximum Gasteiger partial charge on any atom is 0.259 e. The van der Waals surface area contributed by atoms with Gasteiger partial charge in [0.2, 0.25) is 11.8 Å². The molecule has 148 valence electrons. The Morgan fingerprint density at radius 3 is 2.96 bits per heavy atom. The van der Waals surface area contributed by atoms with Crippen LogP contribution >= 0.6 is 0 Å². The Morgan fingerprint density at radius 1 is 1.33 bits per heavy atom. The molecule has 3 heterocycles. The van der Waals surface area contributed by atoms with Gasteiger partial charge in [0, 0.05) is 51.3 Å². The van der Waals surface area contributed by atoms with Gasteiger partial charge in [0.1, 0.15) is 5.56 Å². The molecule has 0 N–H and O–H groups in total. The first-order valence-corrected chi connectivity index (χ1v) is 9.72. The molecular weight excluding hydrogens is 346 g/mol. The molecule has 7 nitrogen and oxygen atoms in total. The van der Waals surface area contributed by atoms with Crippen LogP contribution in [-0.2, 0) is 9.53 Å². The minimum absolute atomic E-state index is 0.0243. The van der Waals surface area contributed by atoms with Crippen LogP contribution < -0.4 is 4.74 Å². The van der Waals surface area contributed by atoms with E-state index < -0.39 is 0 Å². The number of hydrogen-bond donors (Lipinski definition) is 0. The second-order valence-electron chi connectivity index (χ2n) is 7.43. The number of likely N-dealkylation sites (tertiary alicyclic amines) is 2. The zero-order valence-corrected chi connectivity index (χ0v) is 16.3. The molecule has 2 saturated heterocycles. The molecule has 27 heavy (non-hydrogen) atoms. The van der Waals surface area contributed by atoms with Gasteiger partial charge in [0.25, 0.3) is 5.91 Å². The summed E-state index contributed by atoms with van der Waals surface area (Å²) < 4.78 is 10.7. The van der Waals surface area contributed by atoms with Crippen molar-refractivity contribution >= 4 is 11.8 Å². The number of ether oxygens (including phenoxy) is 2. The minimum atomic E-state index is -0.0361. The van der Waals surface area contributed by atoms with Crippen molar-refractivity contribution in [1.29, 1.82) is 0 Å². The second kappa shape index (κ2) is 8.69.